The number of hydrogen-bond donors (Lipinski definition) is 2. The van der Waals surface area contributed by atoms with Gasteiger partial charge in [-0.15, -0.1) is 0 Å². The Bertz CT molecular complexity index is 508. The van der Waals surface area contributed by atoms with Gasteiger partial charge in [0.15, 0.2) is 0 Å². The summed E-state index contributed by atoms with van der Waals surface area (Å²) in [5.74, 6) is -1.22. The van der Waals surface area contributed by atoms with Crippen LogP contribution in [0.3, 0.4) is 0 Å². The van der Waals surface area contributed by atoms with E-state index >= 15 is 0 Å². The summed E-state index contributed by atoms with van der Waals surface area (Å²) in [5, 5.41) is 9.43. The number of carbonyl (C=O) groups is 2. The van der Waals surface area contributed by atoms with Crippen LogP contribution < -0.4 is 10.6 Å². The predicted molar refractivity (Wildman–Crippen MR) is 88.0 cm³/mol. The van der Waals surface area contributed by atoms with Crippen LogP contribution in [-0.2, 0) is 19.3 Å². The molecule has 24 heavy (non-hydrogen) atoms. The van der Waals surface area contributed by atoms with Crippen molar-refractivity contribution in [1.29, 1.82) is 0 Å². The largest absolute Gasteiger partial charge is 0.356 e. The van der Waals surface area contributed by atoms with Gasteiger partial charge in [-0.2, -0.15) is 0 Å². The number of hydrogen-bond acceptors (Lipinski definition) is 8. The fourth-order valence-corrected chi connectivity index (χ4v) is 2.37. The van der Waals surface area contributed by atoms with Crippen molar-refractivity contribution in [3.63, 3.8) is 0 Å². The summed E-state index contributed by atoms with van der Waals surface area (Å²) in [6, 6.07) is 0. The minimum absolute atomic E-state index is 0.565. The summed E-state index contributed by atoms with van der Waals surface area (Å²) in [7, 11) is 0. The average molecular weight is 336 g/mol. The summed E-state index contributed by atoms with van der Waals surface area (Å²) in [6.07, 6.45) is 5.91. The van der Waals surface area contributed by atoms with Crippen molar-refractivity contribution in [2.75, 3.05) is 39.3 Å². The Hall–Kier alpha value is -2.32. The molecule has 2 aliphatic rings. The van der Waals surface area contributed by atoms with Gasteiger partial charge < -0.3 is 20.3 Å². The SMILES string of the molecule is CC=C1CNCCN1OC(=O)/C=C/C(=O)ON1CCNCC1=CC. The first-order chi connectivity index (χ1) is 11.6. The molecule has 2 aliphatic heterocycles. The molecule has 8 nitrogen and oxygen atoms in total. The predicted octanol–water partition coefficient (Wildman–Crippen LogP) is 0.0770. The van der Waals surface area contributed by atoms with Gasteiger partial charge in [-0.3, -0.25) is 0 Å². The highest BCUT2D eigenvalue weighted by Crippen LogP contribution is 2.09. The Labute approximate surface area is 141 Å². The zero-order valence-electron chi connectivity index (χ0n) is 14.1. The minimum atomic E-state index is -0.611. The molecular weight excluding hydrogens is 312 g/mol. The van der Waals surface area contributed by atoms with Crippen LogP contribution >= 0.6 is 0 Å². The standard InChI is InChI=1S/C16H24N4O4/c1-3-13-11-17-7-9-19(13)23-15(21)5-6-16(22)24-20-10-8-18-12-14(20)4-2/h3-6,17-18H,7-12H2,1-2H3/b6-5+,13-3?,14-4?. The maximum Gasteiger partial charge on any atom is 0.356 e. The van der Waals surface area contributed by atoms with E-state index < -0.39 is 11.9 Å². The monoisotopic (exact) mass is 336 g/mol. The Morgan fingerprint density at radius 3 is 1.67 bits per heavy atom. The van der Waals surface area contributed by atoms with Gasteiger partial charge in [-0.1, -0.05) is 12.2 Å². The zero-order chi connectivity index (χ0) is 17.4. The highest BCUT2D eigenvalue weighted by atomic mass is 16.7. The normalized spacial score (nSPS) is 22.2. The van der Waals surface area contributed by atoms with Gasteiger partial charge in [0, 0.05) is 38.3 Å². The Morgan fingerprint density at radius 1 is 0.875 bits per heavy atom. The van der Waals surface area contributed by atoms with Gasteiger partial charge >= 0.3 is 11.9 Å². The lowest BCUT2D eigenvalue weighted by atomic mass is 10.3. The van der Waals surface area contributed by atoms with Gasteiger partial charge in [-0.05, 0) is 13.8 Å². The van der Waals surface area contributed by atoms with Crippen LogP contribution in [-0.4, -0.2) is 61.3 Å². The Balaban J connectivity index is 1.83. The molecule has 132 valence electrons. The lowest BCUT2D eigenvalue weighted by Gasteiger charge is -2.30. The van der Waals surface area contributed by atoms with Crippen LogP contribution in [0.4, 0.5) is 0 Å². The van der Waals surface area contributed by atoms with Crippen LogP contribution in [0.5, 0.6) is 0 Å². The van der Waals surface area contributed by atoms with E-state index in [4.69, 9.17) is 9.68 Å². The fraction of sp³-hybridized carbons (Fsp3) is 0.500. The summed E-state index contributed by atoms with van der Waals surface area (Å²) in [5.41, 5.74) is 1.76. The van der Waals surface area contributed by atoms with E-state index in [9.17, 15) is 9.59 Å². The van der Waals surface area contributed by atoms with E-state index in [1.807, 2.05) is 26.0 Å². The third kappa shape index (κ3) is 5.10. The molecule has 2 fully saturated rings. The molecule has 2 N–H and O–H groups in total. The quantitative estimate of drug-likeness (QED) is 0.698. The van der Waals surface area contributed by atoms with Gasteiger partial charge in [0.25, 0.3) is 0 Å². The fourth-order valence-electron chi connectivity index (χ4n) is 2.37. The summed E-state index contributed by atoms with van der Waals surface area (Å²) >= 11 is 0. The minimum Gasteiger partial charge on any atom is -0.336 e. The van der Waals surface area contributed by atoms with Gasteiger partial charge in [0.2, 0.25) is 0 Å². The maximum absolute atomic E-state index is 11.8. The number of rotatable bonds is 4. The molecular formula is C16H24N4O4. The maximum atomic E-state index is 11.8. The molecule has 0 radical (unpaired) electrons. The van der Waals surface area contributed by atoms with Gasteiger partial charge in [-0.25, -0.2) is 19.7 Å². The molecule has 8 heteroatoms. The van der Waals surface area contributed by atoms with Crippen LogP contribution in [0.15, 0.2) is 35.7 Å². The van der Waals surface area contributed by atoms with E-state index in [-0.39, 0.29) is 0 Å². The topological polar surface area (TPSA) is 83.1 Å². The third-order valence-electron chi connectivity index (χ3n) is 3.66. The smallest absolute Gasteiger partial charge is 0.336 e. The van der Waals surface area contributed by atoms with E-state index in [0.29, 0.717) is 26.2 Å². The number of allylic oxidation sites excluding steroid dienone is 2. The lowest BCUT2D eigenvalue weighted by Crippen LogP contribution is -2.42. The summed E-state index contributed by atoms with van der Waals surface area (Å²) < 4.78 is 0. The molecule has 0 bridgehead atoms. The highest BCUT2D eigenvalue weighted by Gasteiger charge is 2.19. The molecule has 0 spiro atoms. The average Bonchev–Trinajstić information content (AvgIpc) is 2.61. The van der Waals surface area contributed by atoms with Crippen LogP contribution in [0.25, 0.3) is 0 Å². The molecule has 0 aromatic carbocycles. The molecule has 0 amide bonds. The first-order valence-corrected chi connectivity index (χ1v) is 8.03. The van der Waals surface area contributed by atoms with Crippen molar-refractivity contribution >= 4 is 11.9 Å². The summed E-state index contributed by atoms with van der Waals surface area (Å²) in [6.45, 7) is 7.63. The zero-order valence-corrected chi connectivity index (χ0v) is 14.1. The second kappa shape index (κ2) is 9.09. The van der Waals surface area contributed by atoms with Crippen LogP contribution in [0.1, 0.15) is 13.8 Å². The molecule has 2 rings (SSSR count). The van der Waals surface area contributed by atoms with E-state index in [1.165, 1.54) is 10.1 Å². The molecule has 0 aliphatic carbocycles. The van der Waals surface area contributed by atoms with Crippen LogP contribution in [0, 0.1) is 0 Å². The molecule has 0 aromatic rings. The van der Waals surface area contributed by atoms with Crippen LogP contribution in [0.2, 0.25) is 0 Å². The number of nitrogens with one attached hydrogen (secondary N) is 2. The van der Waals surface area contributed by atoms with Crippen molar-refractivity contribution in [3.05, 3.63) is 35.7 Å². The van der Waals surface area contributed by atoms with Crippen molar-refractivity contribution < 1.29 is 19.3 Å². The van der Waals surface area contributed by atoms with Crippen molar-refractivity contribution in [2.45, 2.75) is 13.8 Å². The Morgan fingerprint density at radius 2 is 1.29 bits per heavy atom. The van der Waals surface area contributed by atoms with Crippen molar-refractivity contribution in [3.8, 4) is 0 Å². The first kappa shape index (κ1) is 18.0. The lowest BCUT2D eigenvalue weighted by molar-refractivity contribution is -0.179. The van der Waals surface area contributed by atoms with Crippen molar-refractivity contribution in [1.82, 2.24) is 20.8 Å². The van der Waals surface area contributed by atoms with E-state index in [1.54, 1.807) is 0 Å². The van der Waals surface area contributed by atoms with E-state index in [0.717, 1.165) is 36.6 Å². The Kier molecular flexibility index (Phi) is 6.83. The second-order valence-corrected chi connectivity index (χ2v) is 5.27. The molecule has 0 unspecified atom stereocenters. The molecule has 0 aromatic heterocycles. The van der Waals surface area contributed by atoms with Crippen molar-refractivity contribution in [2.24, 2.45) is 0 Å². The van der Waals surface area contributed by atoms with E-state index in [2.05, 4.69) is 10.6 Å². The number of hydroxylamine groups is 4. The number of nitrogens with zero attached hydrogens (tertiary/aromatic N) is 2. The molecule has 2 saturated heterocycles. The first-order valence-electron chi connectivity index (χ1n) is 8.03. The summed E-state index contributed by atoms with van der Waals surface area (Å²) in [4.78, 5) is 34.2. The van der Waals surface area contributed by atoms with Gasteiger partial charge in [0.1, 0.15) is 0 Å². The number of carbonyl (C=O) groups excluding carboxylic acids is 2. The molecule has 0 atom stereocenters. The number of piperazine rings is 2. The second-order valence-electron chi connectivity index (χ2n) is 5.27. The highest BCUT2D eigenvalue weighted by molar-refractivity contribution is 5.91. The molecule has 2 heterocycles. The third-order valence-corrected chi connectivity index (χ3v) is 3.66. The molecule has 0 saturated carbocycles. The van der Waals surface area contributed by atoms with Gasteiger partial charge in [0.05, 0.1) is 24.5 Å².